The molecular weight excluding hydrogens is 180 g/mol. The zero-order valence-corrected chi connectivity index (χ0v) is 7.95. The van der Waals surface area contributed by atoms with Crippen LogP contribution in [0, 0.1) is 0 Å². The molecule has 1 aromatic rings. The Hall–Kier alpha value is -1.32. The highest BCUT2D eigenvalue weighted by molar-refractivity contribution is 5.27. The van der Waals surface area contributed by atoms with E-state index in [0.717, 1.165) is 43.6 Å². The van der Waals surface area contributed by atoms with Crippen molar-refractivity contribution in [2.75, 3.05) is 6.61 Å². The minimum Gasteiger partial charge on any atom is -0.477 e. The molecule has 0 unspecified atom stereocenters. The van der Waals surface area contributed by atoms with Crippen LogP contribution in [-0.2, 0) is 19.4 Å². The van der Waals surface area contributed by atoms with Gasteiger partial charge < -0.3 is 4.74 Å². The molecule has 1 aromatic heterocycles. The van der Waals surface area contributed by atoms with Crippen LogP contribution in [0.3, 0.4) is 0 Å². The van der Waals surface area contributed by atoms with E-state index in [2.05, 4.69) is 4.98 Å². The van der Waals surface area contributed by atoms with Gasteiger partial charge in [-0.05, 0) is 19.3 Å². The number of aryl methyl sites for hydroxylation is 1. The molecule has 74 valence electrons. The third-order valence-electron chi connectivity index (χ3n) is 2.90. The second kappa shape index (κ2) is 2.83. The van der Waals surface area contributed by atoms with Gasteiger partial charge in [0.15, 0.2) is 0 Å². The van der Waals surface area contributed by atoms with Gasteiger partial charge in [-0.3, -0.25) is 9.36 Å². The third kappa shape index (κ3) is 0.997. The molecular formula is C10H12N2O2. The molecule has 0 spiro atoms. The summed E-state index contributed by atoms with van der Waals surface area (Å²) in [4.78, 5) is 16.3. The first-order chi connectivity index (χ1) is 6.86. The molecule has 3 rings (SSSR count). The van der Waals surface area contributed by atoms with Gasteiger partial charge in [-0.15, -0.1) is 0 Å². The van der Waals surface area contributed by atoms with Gasteiger partial charge in [0.2, 0.25) is 5.88 Å². The lowest BCUT2D eigenvalue weighted by Crippen LogP contribution is -2.28. The molecule has 0 radical (unpaired) electrons. The van der Waals surface area contributed by atoms with Crippen LogP contribution >= 0.6 is 0 Å². The number of rotatable bonds is 0. The molecule has 2 aliphatic heterocycles. The fraction of sp³-hybridized carbons (Fsp3) is 0.600. The van der Waals surface area contributed by atoms with E-state index in [9.17, 15) is 4.79 Å². The highest BCUT2D eigenvalue weighted by Crippen LogP contribution is 2.21. The molecule has 0 atom stereocenters. The van der Waals surface area contributed by atoms with Crippen LogP contribution in [0.15, 0.2) is 4.79 Å². The van der Waals surface area contributed by atoms with Crippen molar-refractivity contribution in [2.24, 2.45) is 0 Å². The molecule has 0 aliphatic carbocycles. The maximum atomic E-state index is 11.9. The fourth-order valence-corrected chi connectivity index (χ4v) is 2.18. The predicted octanol–water partition coefficient (Wildman–Crippen LogP) is 0.514. The van der Waals surface area contributed by atoms with Crippen LogP contribution in [0.1, 0.15) is 24.2 Å². The molecule has 0 N–H and O–H groups in total. The molecule has 0 saturated heterocycles. The van der Waals surface area contributed by atoms with Gasteiger partial charge in [0.25, 0.3) is 5.56 Å². The zero-order valence-electron chi connectivity index (χ0n) is 7.95. The van der Waals surface area contributed by atoms with Crippen molar-refractivity contribution in [2.45, 2.75) is 32.2 Å². The minimum atomic E-state index is 0.127. The van der Waals surface area contributed by atoms with Crippen LogP contribution < -0.4 is 10.3 Å². The monoisotopic (exact) mass is 192 g/mol. The fourth-order valence-electron chi connectivity index (χ4n) is 2.18. The number of hydrogen-bond acceptors (Lipinski definition) is 3. The van der Waals surface area contributed by atoms with E-state index in [1.807, 2.05) is 0 Å². The molecule has 4 heteroatoms. The lowest BCUT2D eigenvalue weighted by Gasteiger charge is -2.16. The van der Waals surface area contributed by atoms with Gasteiger partial charge in [-0.1, -0.05) is 0 Å². The Morgan fingerprint density at radius 1 is 1.29 bits per heavy atom. The van der Waals surface area contributed by atoms with Crippen LogP contribution in [0.2, 0.25) is 0 Å². The first kappa shape index (κ1) is 8.03. The Bertz CT molecular complexity index is 436. The van der Waals surface area contributed by atoms with E-state index in [1.165, 1.54) is 0 Å². The highest BCUT2D eigenvalue weighted by Gasteiger charge is 2.22. The number of fused-ring (bicyclic) bond motifs is 2. The summed E-state index contributed by atoms with van der Waals surface area (Å²) in [5, 5.41) is 0. The van der Waals surface area contributed by atoms with Crippen molar-refractivity contribution < 1.29 is 4.74 Å². The molecule has 2 aliphatic rings. The SMILES string of the molecule is O=c1c2c(nc3n1CCC3)OCCC2. The molecule has 0 fully saturated rings. The van der Waals surface area contributed by atoms with Crippen LogP contribution in [0.25, 0.3) is 0 Å². The predicted molar refractivity (Wildman–Crippen MR) is 50.6 cm³/mol. The summed E-state index contributed by atoms with van der Waals surface area (Å²) >= 11 is 0. The van der Waals surface area contributed by atoms with Crippen LogP contribution in [-0.4, -0.2) is 16.2 Å². The van der Waals surface area contributed by atoms with Crippen LogP contribution in [0.4, 0.5) is 0 Å². The average molecular weight is 192 g/mol. The van der Waals surface area contributed by atoms with E-state index in [-0.39, 0.29) is 5.56 Å². The van der Waals surface area contributed by atoms with Gasteiger partial charge in [-0.25, -0.2) is 0 Å². The van der Waals surface area contributed by atoms with Gasteiger partial charge in [0.1, 0.15) is 5.82 Å². The first-order valence-corrected chi connectivity index (χ1v) is 5.11. The molecule has 3 heterocycles. The van der Waals surface area contributed by atoms with E-state index >= 15 is 0 Å². The molecule has 0 aromatic carbocycles. The van der Waals surface area contributed by atoms with Gasteiger partial charge >= 0.3 is 0 Å². The summed E-state index contributed by atoms with van der Waals surface area (Å²) in [5.41, 5.74) is 0.907. The summed E-state index contributed by atoms with van der Waals surface area (Å²) in [6, 6.07) is 0. The summed E-state index contributed by atoms with van der Waals surface area (Å²) < 4.78 is 7.20. The Morgan fingerprint density at radius 3 is 3.14 bits per heavy atom. The lowest BCUT2D eigenvalue weighted by atomic mass is 10.1. The van der Waals surface area contributed by atoms with Gasteiger partial charge in [-0.2, -0.15) is 4.98 Å². The average Bonchev–Trinajstić information content (AvgIpc) is 2.66. The number of ether oxygens (including phenoxy) is 1. The van der Waals surface area contributed by atoms with E-state index < -0.39 is 0 Å². The maximum Gasteiger partial charge on any atom is 0.260 e. The molecule has 0 saturated carbocycles. The zero-order chi connectivity index (χ0) is 9.54. The van der Waals surface area contributed by atoms with E-state index in [0.29, 0.717) is 12.5 Å². The van der Waals surface area contributed by atoms with Crippen LogP contribution in [0.5, 0.6) is 5.88 Å². The van der Waals surface area contributed by atoms with Crippen molar-refractivity contribution in [3.8, 4) is 5.88 Å². The smallest absolute Gasteiger partial charge is 0.260 e. The maximum absolute atomic E-state index is 11.9. The Morgan fingerprint density at radius 2 is 2.21 bits per heavy atom. The molecule has 0 amide bonds. The van der Waals surface area contributed by atoms with E-state index in [4.69, 9.17) is 4.74 Å². The molecule has 4 nitrogen and oxygen atoms in total. The van der Waals surface area contributed by atoms with Crippen molar-refractivity contribution in [1.82, 2.24) is 9.55 Å². The van der Waals surface area contributed by atoms with Gasteiger partial charge in [0.05, 0.1) is 12.2 Å². The Labute approximate surface area is 81.5 Å². The summed E-state index contributed by atoms with van der Waals surface area (Å²) in [5.74, 6) is 1.49. The Kier molecular flexibility index (Phi) is 1.63. The quantitative estimate of drug-likeness (QED) is 0.601. The Balaban J connectivity index is 2.25. The van der Waals surface area contributed by atoms with Gasteiger partial charge in [0, 0.05) is 13.0 Å². The van der Waals surface area contributed by atoms with Crippen molar-refractivity contribution in [1.29, 1.82) is 0 Å². The minimum absolute atomic E-state index is 0.127. The normalized spacial score (nSPS) is 18.6. The number of hydrogen-bond donors (Lipinski definition) is 0. The first-order valence-electron chi connectivity index (χ1n) is 5.11. The summed E-state index contributed by atoms with van der Waals surface area (Å²) in [7, 11) is 0. The summed E-state index contributed by atoms with van der Waals surface area (Å²) in [6.07, 6.45) is 3.70. The molecule has 14 heavy (non-hydrogen) atoms. The van der Waals surface area contributed by atoms with Crippen molar-refractivity contribution in [3.63, 3.8) is 0 Å². The topological polar surface area (TPSA) is 44.1 Å². The standard InChI is InChI=1S/C10H12N2O2/c13-10-7-3-2-6-14-9(7)11-8-4-1-5-12(8)10/h1-6H2. The molecule has 0 bridgehead atoms. The van der Waals surface area contributed by atoms with E-state index in [1.54, 1.807) is 4.57 Å². The summed E-state index contributed by atoms with van der Waals surface area (Å²) in [6.45, 7) is 1.53. The largest absolute Gasteiger partial charge is 0.477 e. The lowest BCUT2D eigenvalue weighted by molar-refractivity contribution is 0.272. The number of aromatic nitrogens is 2. The van der Waals surface area contributed by atoms with Crippen molar-refractivity contribution >= 4 is 0 Å². The second-order valence-corrected chi connectivity index (χ2v) is 3.82. The number of nitrogens with zero attached hydrogens (tertiary/aromatic N) is 2. The second-order valence-electron chi connectivity index (χ2n) is 3.82. The highest BCUT2D eigenvalue weighted by atomic mass is 16.5. The third-order valence-corrected chi connectivity index (χ3v) is 2.90. The van der Waals surface area contributed by atoms with Crippen molar-refractivity contribution in [3.05, 3.63) is 21.7 Å².